The summed E-state index contributed by atoms with van der Waals surface area (Å²) in [5.74, 6) is 0.286. The molecule has 2 aromatic heterocycles. The summed E-state index contributed by atoms with van der Waals surface area (Å²) in [5, 5.41) is 12.5. The van der Waals surface area contributed by atoms with Crippen molar-refractivity contribution in [2.24, 2.45) is 10.8 Å². The predicted molar refractivity (Wildman–Crippen MR) is 204 cm³/mol. The smallest absolute Gasteiger partial charge is 0.164 e. The van der Waals surface area contributed by atoms with Crippen molar-refractivity contribution in [2.45, 2.75) is 106 Å². The van der Waals surface area contributed by atoms with Gasteiger partial charge in [0, 0.05) is 52.3 Å². The molecule has 5 aromatic rings. The van der Waals surface area contributed by atoms with Gasteiger partial charge in [-0.1, -0.05) is 116 Å². The number of nitrogens with zero attached hydrogens (tertiary/aromatic N) is 2. The zero-order valence-electron chi connectivity index (χ0n) is 30.6. The van der Waals surface area contributed by atoms with Crippen molar-refractivity contribution in [2.75, 3.05) is 0 Å². The van der Waals surface area contributed by atoms with E-state index in [0.29, 0.717) is 0 Å². The second kappa shape index (κ2) is 15.4. The monoisotopic (exact) mass is 852 g/mol. The maximum Gasteiger partial charge on any atom is 0.164 e. The molecule has 6 rings (SSSR count). The summed E-state index contributed by atoms with van der Waals surface area (Å²) in [6, 6.07) is 23.3. The summed E-state index contributed by atoms with van der Waals surface area (Å²) < 4.78 is 1.18. The fourth-order valence-electron chi connectivity index (χ4n) is 6.48. The molecule has 1 aliphatic rings. The quantitative estimate of drug-likeness (QED) is 0.0960. The summed E-state index contributed by atoms with van der Waals surface area (Å²) in [6.07, 6.45) is 8.59. The first-order chi connectivity index (χ1) is 22.8. The number of carbonyl (C=O) groups excluding carboxylic acids is 1. The van der Waals surface area contributed by atoms with Crippen LogP contribution in [0.15, 0.2) is 72.8 Å². The number of aliphatic hydroxyl groups is 1. The van der Waals surface area contributed by atoms with Crippen LogP contribution in [-0.2, 0) is 43.2 Å². The van der Waals surface area contributed by atoms with Crippen LogP contribution < -0.4 is 0 Å². The van der Waals surface area contributed by atoms with Crippen LogP contribution in [-0.4, -0.2) is 20.9 Å². The van der Waals surface area contributed by atoms with Gasteiger partial charge in [0.25, 0.3) is 0 Å². The number of thiophene rings is 1. The second-order valence-electron chi connectivity index (χ2n) is 14.8. The summed E-state index contributed by atoms with van der Waals surface area (Å²) in [4.78, 5) is 23.0. The van der Waals surface area contributed by atoms with Gasteiger partial charge in [-0.2, -0.15) is 0 Å². The van der Waals surface area contributed by atoms with Crippen LogP contribution in [0.3, 0.4) is 0 Å². The minimum atomic E-state index is -0.337. The number of carbonyl (C=O) groups is 1. The van der Waals surface area contributed by atoms with Gasteiger partial charge in [-0.25, -0.2) is 4.98 Å². The molecule has 0 fully saturated rings. The van der Waals surface area contributed by atoms with E-state index in [1.807, 2.05) is 52.9 Å². The van der Waals surface area contributed by atoms with Gasteiger partial charge in [0.15, 0.2) is 5.78 Å². The van der Waals surface area contributed by atoms with Crippen molar-refractivity contribution >= 4 is 38.1 Å². The standard InChI is InChI=1S/C28H23N2S.C15H28O2.Ir/c1-28(2,3)23-15-19(14-18-9-5-6-10-20(18)23)24-27-25(30-16-29-24)22-13-12-17-8-4-7-11-21(17)26(22)31-27;1-7-14(5,8-2)12(16)11-13(17)15(6,9-3)10-4;/h4-11,15-16H,12-13H2,1-3H3;11,16H,7-10H2,1-6H3;/q-1;;/b;12-11-;. The fourth-order valence-corrected chi connectivity index (χ4v) is 7.85. The van der Waals surface area contributed by atoms with Crippen LogP contribution in [0, 0.1) is 16.9 Å². The minimum absolute atomic E-state index is 0. The van der Waals surface area contributed by atoms with E-state index in [1.165, 1.54) is 43.3 Å². The van der Waals surface area contributed by atoms with Crippen molar-refractivity contribution < 1.29 is 30.0 Å². The third-order valence-corrected chi connectivity index (χ3v) is 12.2. The molecular weight excluding hydrogens is 801 g/mol. The number of aliphatic hydroxyl groups excluding tert-OH is 1. The summed E-state index contributed by atoms with van der Waals surface area (Å²) in [6.45, 7) is 18.9. The molecule has 49 heavy (non-hydrogen) atoms. The molecule has 3 aromatic carbocycles. The normalized spacial score (nSPS) is 13.3. The molecule has 2 heterocycles. The summed E-state index contributed by atoms with van der Waals surface area (Å²) >= 11 is 1.84. The van der Waals surface area contributed by atoms with Crippen molar-refractivity contribution in [3.05, 3.63) is 95.5 Å². The van der Waals surface area contributed by atoms with E-state index in [0.717, 1.165) is 60.7 Å². The SMILES string of the molecule is CC(C)(C)c1cc(-c2ncnc3c4c(sc23)-c2ccccc2CC4)[c-]c2ccccc12.CCC(C)(CC)C(=O)/C=C(\O)C(C)(CC)CC.[Ir]. The average Bonchev–Trinajstić information content (AvgIpc) is 3.49. The zero-order chi connectivity index (χ0) is 34.9. The first-order valence-electron chi connectivity index (χ1n) is 17.6. The number of hydrogen-bond acceptors (Lipinski definition) is 5. The van der Waals surface area contributed by atoms with Gasteiger partial charge >= 0.3 is 0 Å². The Morgan fingerprint density at radius 3 is 2.16 bits per heavy atom. The molecule has 6 heteroatoms. The Morgan fingerprint density at radius 2 is 1.51 bits per heavy atom. The number of aryl methyl sites for hydroxylation is 2. The molecule has 1 radical (unpaired) electrons. The van der Waals surface area contributed by atoms with Crippen molar-refractivity contribution in [3.63, 3.8) is 0 Å². The molecule has 4 nitrogen and oxygen atoms in total. The molecule has 0 amide bonds. The Morgan fingerprint density at radius 1 is 0.878 bits per heavy atom. The van der Waals surface area contributed by atoms with E-state index >= 15 is 0 Å². The topological polar surface area (TPSA) is 63.1 Å². The van der Waals surface area contributed by atoms with E-state index < -0.39 is 0 Å². The Kier molecular flexibility index (Phi) is 12.1. The fraction of sp³-hybridized carbons (Fsp3) is 0.419. The molecule has 0 bridgehead atoms. The number of hydrogen-bond donors (Lipinski definition) is 1. The second-order valence-corrected chi connectivity index (χ2v) is 15.8. The number of fused-ring (bicyclic) bond motifs is 6. The Labute approximate surface area is 310 Å². The predicted octanol–water partition coefficient (Wildman–Crippen LogP) is 12.0. The van der Waals surface area contributed by atoms with Crippen molar-refractivity contribution in [3.8, 4) is 21.7 Å². The first kappa shape index (κ1) is 38.6. The van der Waals surface area contributed by atoms with Crippen molar-refractivity contribution in [1.82, 2.24) is 9.97 Å². The number of ketones is 1. The third kappa shape index (κ3) is 7.62. The molecule has 0 saturated heterocycles. The molecule has 0 saturated carbocycles. The van der Waals surface area contributed by atoms with E-state index in [9.17, 15) is 9.90 Å². The Hall–Kier alpha value is -3.18. The van der Waals surface area contributed by atoms with Crippen LogP contribution in [0.1, 0.15) is 105 Å². The number of aromatic nitrogens is 2. The molecule has 0 aliphatic heterocycles. The summed E-state index contributed by atoms with van der Waals surface area (Å²) in [7, 11) is 0. The maximum atomic E-state index is 12.2. The molecule has 261 valence electrons. The first-order valence-corrected chi connectivity index (χ1v) is 18.4. The maximum absolute atomic E-state index is 12.2. The molecular formula is C43H51IrN2O2S-. The van der Waals surface area contributed by atoms with Gasteiger partial charge in [-0.3, -0.25) is 9.78 Å². The average molecular weight is 852 g/mol. The molecule has 0 unspecified atom stereocenters. The van der Waals surface area contributed by atoms with Gasteiger partial charge < -0.3 is 5.11 Å². The van der Waals surface area contributed by atoms with E-state index in [1.54, 1.807) is 6.33 Å². The van der Waals surface area contributed by atoms with Crippen LogP contribution >= 0.6 is 11.3 Å². The third-order valence-electron chi connectivity index (χ3n) is 10.9. The van der Waals surface area contributed by atoms with Crippen LogP contribution in [0.5, 0.6) is 0 Å². The van der Waals surface area contributed by atoms with E-state index in [4.69, 9.17) is 9.97 Å². The van der Waals surface area contributed by atoms with E-state index in [-0.39, 0.29) is 47.9 Å². The van der Waals surface area contributed by atoms with Gasteiger partial charge in [0.1, 0.15) is 12.1 Å². The van der Waals surface area contributed by atoms with Gasteiger partial charge in [0.05, 0.1) is 5.52 Å². The minimum Gasteiger partial charge on any atom is -0.512 e. The number of rotatable bonds is 8. The van der Waals surface area contributed by atoms with Gasteiger partial charge in [0.2, 0.25) is 0 Å². The number of allylic oxidation sites excluding steroid dienone is 2. The van der Waals surface area contributed by atoms with E-state index in [2.05, 4.69) is 81.4 Å². The largest absolute Gasteiger partial charge is 0.512 e. The van der Waals surface area contributed by atoms with Crippen LogP contribution in [0.2, 0.25) is 0 Å². The molecule has 0 atom stereocenters. The van der Waals surface area contributed by atoms with Crippen LogP contribution in [0.25, 0.3) is 42.7 Å². The van der Waals surface area contributed by atoms with Crippen LogP contribution in [0.4, 0.5) is 0 Å². The summed E-state index contributed by atoms with van der Waals surface area (Å²) in [5.41, 5.74) is 8.09. The van der Waals surface area contributed by atoms with Gasteiger partial charge in [-0.15, -0.1) is 40.5 Å². The Bertz CT molecular complexity index is 1980. The molecule has 1 aliphatic carbocycles. The van der Waals surface area contributed by atoms with Gasteiger partial charge in [-0.05, 0) is 60.6 Å². The number of benzene rings is 3. The van der Waals surface area contributed by atoms with Crippen molar-refractivity contribution in [1.29, 1.82) is 0 Å². The Balaban J connectivity index is 0.000000260. The zero-order valence-corrected chi connectivity index (χ0v) is 33.8. The molecule has 0 spiro atoms. The molecule has 1 N–H and O–H groups in total.